The van der Waals surface area contributed by atoms with Crippen LogP contribution in [0.5, 0.6) is 0 Å². The van der Waals surface area contributed by atoms with Crippen LogP contribution < -0.4 is 5.32 Å². The van der Waals surface area contributed by atoms with E-state index in [0.29, 0.717) is 9.47 Å². The van der Waals surface area contributed by atoms with Gasteiger partial charge >= 0.3 is 6.18 Å². The number of thioether (sulfide) groups is 1. The van der Waals surface area contributed by atoms with E-state index < -0.39 is 17.6 Å². The minimum atomic E-state index is -4.43. The van der Waals surface area contributed by atoms with Crippen LogP contribution in [0.3, 0.4) is 0 Å². The molecule has 0 fully saturated rings. The van der Waals surface area contributed by atoms with Crippen LogP contribution in [-0.4, -0.2) is 16.1 Å². The highest BCUT2D eigenvalue weighted by Crippen LogP contribution is 2.30. The third-order valence-electron chi connectivity index (χ3n) is 3.48. The summed E-state index contributed by atoms with van der Waals surface area (Å²) in [5.74, 6) is 0.290. The van der Waals surface area contributed by atoms with E-state index in [2.05, 4.69) is 15.5 Å². The Morgan fingerprint density at radius 3 is 2.52 bits per heavy atom. The fraction of sp³-hybridized carbons (Fsp3) is 0.167. The lowest BCUT2D eigenvalue weighted by atomic mass is 10.1. The second-order valence-electron chi connectivity index (χ2n) is 5.57. The molecular formula is C18H14F3N3OS2. The Morgan fingerprint density at radius 2 is 1.78 bits per heavy atom. The van der Waals surface area contributed by atoms with Gasteiger partial charge in [-0.25, -0.2) is 0 Å². The quantitative estimate of drug-likeness (QED) is 0.458. The third kappa shape index (κ3) is 5.80. The van der Waals surface area contributed by atoms with E-state index in [0.717, 1.165) is 23.4 Å². The Balaban J connectivity index is 1.55. The van der Waals surface area contributed by atoms with Crippen LogP contribution in [0.2, 0.25) is 0 Å². The van der Waals surface area contributed by atoms with Crippen molar-refractivity contribution >= 4 is 34.1 Å². The first-order chi connectivity index (χ1) is 12.9. The van der Waals surface area contributed by atoms with Crippen LogP contribution >= 0.6 is 23.1 Å². The maximum atomic E-state index is 12.7. The van der Waals surface area contributed by atoms with Crippen molar-refractivity contribution in [2.45, 2.75) is 22.7 Å². The van der Waals surface area contributed by atoms with Crippen molar-refractivity contribution < 1.29 is 18.0 Å². The maximum Gasteiger partial charge on any atom is 0.416 e. The maximum absolute atomic E-state index is 12.7. The largest absolute Gasteiger partial charge is 0.416 e. The van der Waals surface area contributed by atoms with E-state index in [-0.39, 0.29) is 12.0 Å². The predicted octanol–water partition coefficient (Wildman–Crippen LogP) is 5.03. The first-order valence-electron chi connectivity index (χ1n) is 7.86. The average molecular weight is 409 g/mol. The molecule has 0 unspecified atom stereocenters. The topological polar surface area (TPSA) is 54.9 Å². The van der Waals surface area contributed by atoms with E-state index in [1.54, 1.807) is 0 Å². The van der Waals surface area contributed by atoms with Gasteiger partial charge in [-0.3, -0.25) is 4.79 Å². The zero-order valence-electron chi connectivity index (χ0n) is 13.9. The number of carbonyl (C=O) groups excluding carboxylic acids is 1. The van der Waals surface area contributed by atoms with Gasteiger partial charge in [0.25, 0.3) is 0 Å². The number of nitrogens with zero attached hydrogens (tertiary/aromatic N) is 2. The monoisotopic (exact) mass is 409 g/mol. The summed E-state index contributed by atoms with van der Waals surface area (Å²) >= 11 is 2.73. The van der Waals surface area contributed by atoms with Crippen molar-refractivity contribution in [2.24, 2.45) is 0 Å². The SMILES string of the molecule is O=C(Cc1cccc(C(F)(F)F)c1)Nc1nnc(SCc2ccccc2)s1. The molecule has 27 heavy (non-hydrogen) atoms. The summed E-state index contributed by atoms with van der Waals surface area (Å²) < 4.78 is 38.9. The molecule has 140 valence electrons. The fourth-order valence-corrected chi connectivity index (χ4v) is 3.97. The summed E-state index contributed by atoms with van der Waals surface area (Å²) in [6.45, 7) is 0. The van der Waals surface area contributed by atoms with Gasteiger partial charge in [-0.05, 0) is 17.2 Å². The number of halogens is 3. The third-order valence-corrected chi connectivity index (χ3v) is 5.52. The average Bonchev–Trinajstić information content (AvgIpc) is 3.07. The second kappa shape index (κ2) is 8.53. The molecule has 2 aromatic carbocycles. The molecule has 1 amide bonds. The van der Waals surface area contributed by atoms with E-state index in [9.17, 15) is 18.0 Å². The van der Waals surface area contributed by atoms with E-state index in [1.807, 2.05) is 30.3 Å². The lowest BCUT2D eigenvalue weighted by Crippen LogP contribution is -2.15. The number of amides is 1. The van der Waals surface area contributed by atoms with Crippen LogP contribution in [0.25, 0.3) is 0 Å². The van der Waals surface area contributed by atoms with Gasteiger partial charge in [-0.15, -0.1) is 10.2 Å². The summed E-state index contributed by atoms with van der Waals surface area (Å²) in [6.07, 6.45) is -4.60. The Hall–Kier alpha value is -2.39. The Bertz CT molecular complexity index is 913. The highest BCUT2D eigenvalue weighted by Gasteiger charge is 2.30. The molecule has 0 aliphatic rings. The molecule has 0 spiro atoms. The lowest BCUT2D eigenvalue weighted by molar-refractivity contribution is -0.137. The number of hydrogen-bond donors (Lipinski definition) is 1. The summed E-state index contributed by atoms with van der Waals surface area (Å²) in [7, 11) is 0. The second-order valence-corrected chi connectivity index (χ2v) is 7.77. The molecule has 0 bridgehead atoms. The molecular weight excluding hydrogens is 395 g/mol. The number of rotatable bonds is 6. The Morgan fingerprint density at radius 1 is 1.04 bits per heavy atom. The van der Waals surface area contributed by atoms with E-state index in [1.165, 1.54) is 35.2 Å². The number of nitrogens with one attached hydrogen (secondary N) is 1. The van der Waals surface area contributed by atoms with Crippen molar-refractivity contribution in [3.05, 3.63) is 71.3 Å². The summed E-state index contributed by atoms with van der Waals surface area (Å²) in [6, 6.07) is 14.6. The first kappa shape index (κ1) is 19.4. The smallest absolute Gasteiger partial charge is 0.300 e. The van der Waals surface area contributed by atoms with Crippen LogP contribution in [0.4, 0.5) is 18.3 Å². The van der Waals surface area contributed by atoms with Gasteiger partial charge in [0.2, 0.25) is 11.0 Å². The Kier molecular flexibility index (Phi) is 6.12. The highest BCUT2D eigenvalue weighted by molar-refractivity contribution is 8.00. The highest BCUT2D eigenvalue weighted by atomic mass is 32.2. The summed E-state index contributed by atoms with van der Waals surface area (Å²) in [5, 5.41) is 10.8. The van der Waals surface area contributed by atoms with Gasteiger partial charge in [0.15, 0.2) is 4.34 Å². The number of aromatic nitrogens is 2. The number of benzene rings is 2. The molecule has 3 aromatic rings. The zero-order valence-corrected chi connectivity index (χ0v) is 15.5. The number of hydrogen-bond acceptors (Lipinski definition) is 5. The molecule has 0 saturated carbocycles. The zero-order chi connectivity index (χ0) is 19.3. The first-order valence-corrected chi connectivity index (χ1v) is 9.66. The molecule has 0 saturated heterocycles. The van der Waals surface area contributed by atoms with Crippen LogP contribution in [0.1, 0.15) is 16.7 Å². The predicted molar refractivity (Wildman–Crippen MR) is 99.7 cm³/mol. The van der Waals surface area contributed by atoms with Crippen molar-refractivity contribution in [3.63, 3.8) is 0 Å². The van der Waals surface area contributed by atoms with Crippen molar-refractivity contribution in [2.75, 3.05) is 5.32 Å². The van der Waals surface area contributed by atoms with Crippen molar-refractivity contribution in [1.29, 1.82) is 0 Å². The minimum Gasteiger partial charge on any atom is -0.300 e. The van der Waals surface area contributed by atoms with Gasteiger partial charge in [-0.2, -0.15) is 13.2 Å². The van der Waals surface area contributed by atoms with Crippen molar-refractivity contribution in [1.82, 2.24) is 10.2 Å². The molecule has 1 N–H and O–H groups in total. The summed E-state index contributed by atoms with van der Waals surface area (Å²) in [4.78, 5) is 12.1. The van der Waals surface area contributed by atoms with E-state index >= 15 is 0 Å². The minimum absolute atomic E-state index is 0.171. The van der Waals surface area contributed by atoms with Gasteiger partial charge in [0.1, 0.15) is 0 Å². The molecule has 3 rings (SSSR count). The van der Waals surface area contributed by atoms with Crippen molar-refractivity contribution in [3.8, 4) is 0 Å². The van der Waals surface area contributed by atoms with Crippen LogP contribution in [-0.2, 0) is 23.1 Å². The summed E-state index contributed by atoms with van der Waals surface area (Å²) in [5.41, 5.74) is 0.654. The fourth-order valence-electron chi connectivity index (χ4n) is 2.24. The lowest BCUT2D eigenvalue weighted by Gasteiger charge is -2.08. The molecule has 9 heteroatoms. The molecule has 4 nitrogen and oxygen atoms in total. The van der Waals surface area contributed by atoms with E-state index in [4.69, 9.17) is 0 Å². The molecule has 1 aromatic heterocycles. The molecule has 1 heterocycles. The molecule has 0 aliphatic heterocycles. The van der Waals surface area contributed by atoms with Gasteiger partial charge < -0.3 is 5.32 Å². The normalized spacial score (nSPS) is 11.4. The molecule has 0 atom stereocenters. The molecule has 0 radical (unpaired) electrons. The van der Waals surface area contributed by atoms with Crippen LogP contribution in [0.15, 0.2) is 58.9 Å². The van der Waals surface area contributed by atoms with Gasteiger partial charge in [0, 0.05) is 5.75 Å². The van der Waals surface area contributed by atoms with Crippen LogP contribution in [0, 0.1) is 0 Å². The number of carbonyl (C=O) groups is 1. The number of anilines is 1. The number of alkyl halides is 3. The Labute approximate surface area is 161 Å². The molecule has 0 aliphatic carbocycles. The standard InChI is InChI=1S/C18H14F3N3OS2/c19-18(20,21)14-8-4-7-13(9-14)10-15(25)22-16-23-24-17(27-16)26-11-12-5-2-1-3-6-12/h1-9H,10-11H2,(H,22,23,25). The van der Waals surface area contributed by atoms with Gasteiger partial charge in [0.05, 0.1) is 12.0 Å². The van der Waals surface area contributed by atoms with Gasteiger partial charge in [-0.1, -0.05) is 71.6 Å².